The Balaban J connectivity index is 1.21. The molecule has 0 bridgehead atoms. The van der Waals surface area contributed by atoms with Gasteiger partial charge in [-0.05, 0) is 54.4 Å². The van der Waals surface area contributed by atoms with Crippen LogP contribution in [0.15, 0.2) is 48.5 Å². The molecule has 2 N–H and O–H groups in total. The fraction of sp³-hybridized carbons (Fsp3) is 0.464. The van der Waals surface area contributed by atoms with E-state index in [4.69, 9.17) is 4.74 Å². The minimum absolute atomic E-state index is 0.0214. The monoisotopic (exact) mass is 476 g/mol. The third-order valence-electron chi connectivity index (χ3n) is 8.45. The summed E-state index contributed by atoms with van der Waals surface area (Å²) in [4.78, 5) is 39.3. The third kappa shape index (κ3) is 4.07. The number of benzene rings is 2. The molecule has 2 fully saturated rings. The van der Waals surface area contributed by atoms with Gasteiger partial charge < -0.3 is 20.1 Å². The summed E-state index contributed by atoms with van der Waals surface area (Å²) in [7, 11) is 0. The molecule has 3 aliphatic rings. The van der Waals surface area contributed by atoms with Crippen molar-refractivity contribution in [1.29, 1.82) is 0 Å². The Bertz CT molecular complexity index is 1130. The fourth-order valence-electron chi connectivity index (χ4n) is 5.82. The highest BCUT2D eigenvalue weighted by atomic mass is 16.5. The van der Waals surface area contributed by atoms with E-state index in [0.29, 0.717) is 19.4 Å². The number of likely N-dealkylation sites (tertiary alicyclic amines) is 1. The Morgan fingerprint density at radius 3 is 2.17 bits per heavy atom. The SMILES string of the molecule is C[C@H]1CN(C(=O)CC2(NC(=O)OCC3c4ccccc4-c4ccccc43)CCC2)C[C@]1(C)C(=O)O. The first-order valence-electron chi connectivity index (χ1n) is 12.4. The number of ether oxygens (including phenoxy) is 1. The van der Waals surface area contributed by atoms with Gasteiger partial charge in [0.1, 0.15) is 6.61 Å². The molecule has 1 aliphatic heterocycles. The summed E-state index contributed by atoms with van der Waals surface area (Å²) in [6.45, 7) is 4.41. The molecule has 0 spiro atoms. The number of aliphatic carboxylic acids is 1. The van der Waals surface area contributed by atoms with Crippen molar-refractivity contribution >= 4 is 18.0 Å². The molecule has 2 aromatic carbocycles. The lowest BCUT2D eigenvalue weighted by atomic mass is 9.74. The third-order valence-corrected chi connectivity index (χ3v) is 8.45. The van der Waals surface area contributed by atoms with Gasteiger partial charge in [0, 0.05) is 19.0 Å². The normalized spacial score (nSPS) is 24.3. The molecule has 2 aliphatic carbocycles. The summed E-state index contributed by atoms with van der Waals surface area (Å²) < 4.78 is 5.71. The van der Waals surface area contributed by atoms with Crippen LogP contribution in [0.1, 0.15) is 56.6 Å². The lowest BCUT2D eigenvalue weighted by molar-refractivity contribution is -0.149. The number of carboxylic acid groups (broad SMARTS) is 1. The summed E-state index contributed by atoms with van der Waals surface area (Å²) in [5.41, 5.74) is 3.09. The van der Waals surface area contributed by atoms with Gasteiger partial charge in [-0.1, -0.05) is 55.5 Å². The molecule has 184 valence electrons. The molecule has 1 heterocycles. The fourth-order valence-corrected chi connectivity index (χ4v) is 5.82. The molecule has 5 rings (SSSR count). The van der Waals surface area contributed by atoms with Crippen LogP contribution < -0.4 is 5.32 Å². The number of carbonyl (C=O) groups is 3. The van der Waals surface area contributed by atoms with E-state index in [-0.39, 0.29) is 37.3 Å². The van der Waals surface area contributed by atoms with Gasteiger partial charge in [-0.15, -0.1) is 0 Å². The van der Waals surface area contributed by atoms with E-state index < -0.39 is 23.0 Å². The maximum Gasteiger partial charge on any atom is 0.407 e. The van der Waals surface area contributed by atoms with Crippen molar-refractivity contribution in [3.05, 3.63) is 59.7 Å². The summed E-state index contributed by atoms with van der Waals surface area (Å²) in [6.07, 6.45) is 2.01. The number of nitrogens with one attached hydrogen (secondary N) is 1. The van der Waals surface area contributed by atoms with Gasteiger partial charge in [-0.2, -0.15) is 0 Å². The topological polar surface area (TPSA) is 95.9 Å². The Morgan fingerprint density at radius 1 is 1.06 bits per heavy atom. The van der Waals surface area contributed by atoms with Gasteiger partial charge in [0.25, 0.3) is 0 Å². The zero-order valence-corrected chi connectivity index (χ0v) is 20.3. The minimum atomic E-state index is -0.942. The summed E-state index contributed by atoms with van der Waals surface area (Å²) in [6, 6.07) is 16.4. The van der Waals surface area contributed by atoms with Gasteiger partial charge in [0.2, 0.25) is 5.91 Å². The summed E-state index contributed by atoms with van der Waals surface area (Å²) in [5, 5.41) is 12.6. The number of fused-ring (bicyclic) bond motifs is 3. The first-order chi connectivity index (χ1) is 16.7. The van der Waals surface area contributed by atoms with Gasteiger partial charge in [0.15, 0.2) is 0 Å². The van der Waals surface area contributed by atoms with Crippen molar-refractivity contribution in [2.45, 2.75) is 51.0 Å². The van der Waals surface area contributed by atoms with Crippen molar-refractivity contribution in [3.63, 3.8) is 0 Å². The van der Waals surface area contributed by atoms with E-state index in [9.17, 15) is 19.5 Å². The number of rotatable bonds is 6. The average Bonchev–Trinajstić information content (AvgIpc) is 3.31. The number of alkyl carbamates (subject to hydrolysis) is 1. The van der Waals surface area contributed by atoms with Crippen LogP contribution in [-0.2, 0) is 14.3 Å². The van der Waals surface area contributed by atoms with E-state index in [2.05, 4.69) is 29.6 Å². The lowest BCUT2D eigenvalue weighted by Gasteiger charge is -2.42. The predicted molar refractivity (Wildman–Crippen MR) is 131 cm³/mol. The van der Waals surface area contributed by atoms with Crippen molar-refractivity contribution in [3.8, 4) is 11.1 Å². The Labute approximate surface area is 205 Å². The molecule has 2 amide bonds. The van der Waals surface area contributed by atoms with Crippen LogP contribution >= 0.6 is 0 Å². The predicted octanol–water partition coefficient (Wildman–Crippen LogP) is 4.41. The maximum absolute atomic E-state index is 13.1. The second-order valence-electron chi connectivity index (χ2n) is 10.7. The highest BCUT2D eigenvalue weighted by molar-refractivity contribution is 5.82. The zero-order valence-electron chi connectivity index (χ0n) is 20.3. The number of carboxylic acids is 1. The lowest BCUT2D eigenvalue weighted by Crippen LogP contribution is -2.56. The van der Waals surface area contributed by atoms with Crippen LogP contribution in [-0.4, -0.2) is 53.2 Å². The average molecular weight is 477 g/mol. The van der Waals surface area contributed by atoms with Crippen molar-refractivity contribution in [2.75, 3.05) is 19.7 Å². The Kier molecular flexibility index (Phi) is 5.82. The molecule has 0 radical (unpaired) electrons. The molecule has 2 aromatic rings. The number of amides is 2. The molecule has 0 aromatic heterocycles. The number of nitrogens with zero attached hydrogens (tertiary/aromatic N) is 1. The number of carbonyl (C=O) groups excluding carboxylic acids is 2. The quantitative estimate of drug-likeness (QED) is 0.644. The van der Waals surface area contributed by atoms with Crippen LogP contribution in [0.5, 0.6) is 0 Å². The Hall–Kier alpha value is -3.35. The molecule has 35 heavy (non-hydrogen) atoms. The Morgan fingerprint density at radius 2 is 1.66 bits per heavy atom. The second kappa shape index (κ2) is 8.70. The van der Waals surface area contributed by atoms with E-state index >= 15 is 0 Å². The summed E-state index contributed by atoms with van der Waals surface area (Å²) in [5.74, 6) is -1.14. The molecule has 7 heteroatoms. The van der Waals surface area contributed by atoms with Crippen LogP contribution in [0.25, 0.3) is 11.1 Å². The van der Waals surface area contributed by atoms with Crippen LogP contribution in [0.4, 0.5) is 4.79 Å². The van der Waals surface area contributed by atoms with Crippen molar-refractivity contribution < 1.29 is 24.2 Å². The van der Waals surface area contributed by atoms with Crippen LogP contribution in [0.3, 0.4) is 0 Å². The van der Waals surface area contributed by atoms with Crippen LogP contribution in [0.2, 0.25) is 0 Å². The first kappa shape index (κ1) is 23.4. The van der Waals surface area contributed by atoms with E-state index in [1.807, 2.05) is 31.2 Å². The molecule has 2 atom stereocenters. The second-order valence-corrected chi connectivity index (χ2v) is 10.7. The molecular formula is C28H32N2O5. The number of hydrogen-bond acceptors (Lipinski definition) is 4. The molecule has 1 saturated carbocycles. The molecule has 0 unspecified atom stereocenters. The molecule has 1 saturated heterocycles. The van der Waals surface area contributed by atoms with Crippen LogP contribution in [0, 0.1) is 11.3 Å². The highest BCUT2D eigenvalue weighted by Crippen LogP contribution is 2.45. The number of hydrogen-bond donors (Lipinski definition) is 2. The smallest absolute Gasteiger partial charge is 0.407 e. The van der Waals surface area contributed by atoms with E-state index in [1.165, 1.54) is 11.1 Å². The maximum atomic E-state index is 13.1. The van der Waals surface area contributed by atoms with Gasteiger partial charge in [0.05, 0.1) is 17.4 Å². The van der Waals surface area contributed by atoms with Gasteiger partial charge in [-0.25, -0.2) is 4.79 Å². The minimum Gasteiger partial charge on any atom is -0.481 e. The van der Waals surface area contributed by atoms with Crippen molar-refractivity contribution in [1.82, 2.24) is 10.2 Å². The van der Waals surface area contributed by atoms with Crippen molar-refractivity contribution in [2.24, 2.45) is 11.3 Å². The van der Waals surface area contributed by atoms with E-state index in [1.54, 1.807) is 11.8 Å². The summed E-state index contributed by atoms with van der Waals surface area (Å²) >= 11 is 0. The van der Waals surface area contributed by atoms with Gasteiger partial charge >= 0.3 is 12.1 Å². The standard InChI is InChI=1S/C28H32N2O5/c1-18-15-30(17-27(18,2)25(32)33)24(31)14-28(12-7-13-28)29-26(34)35-16-23-21-10-5-3-8-19(21)20-9-4-6-11-22(20)23/h3-6,8-11,18,23H,7,12-17H2,1-2H3,(H,29,34)(H,32,33)/t18-,27-/m0/s1. The zero-order chi connectivity index (χ0) is 24.8. The molecular weight excluding hydrogens is 444 g/mol. The largest absolute Gasteiger partial charge is 0.481 e. The highest BCUT2D eigenvalue weighted by Gasteiger charge is 2.49. The first-order valence-corrected chi connectivity index (χ1v) is 12.4. The van der Waals surface area contributed by atoms with Gasteiger partial charge in [-0.3, -0.25) is 9.59 Å². The van der Waals surface area contributed by atoms with E-state index in [0.717, 1.165) is 17.5 Å². The molecule has 7 nitrogen and oxygen atoms in total.